The number of nitrogens with two attached hydrogens (primary N) is 1. The third-order valence-electron chi connectivity index (χ3n) is 0.834. The largest absolute Gasteiger partial charge is 1.00 e. The van der Waals surface area contributed by atoms with Crippen LogP contribution in [0.3, 0.4) is 0 Å². The van der Waals surface area contributed by atoms with Gasteiger partial charge in [0.2, 0.25) is 0 Å². The topological polar surface area (TPSA) is 50.4 Å². The maximum absolute atomic E-state index is 5.51. The molecule has 11 heavy (non-hydrogen) atoms. The lowest BCUT2D eigenvalue weighted by Crippen LogP contribution is -3.00. The van der Waals surface area contributed by atoms with Gasteiger partial charge in [-0.3, -0.25) is 4.99 Å². The number of rotatable bonds is 2. The van der Waals surface area contributed by atoms with Gasteiger partial charge in [-0.1, -0.05) is 0 Å². The normalized spacial score (nSPS) is 11.6. The molecule has 0 atom stereocenters. The summed E-state index contributed by atoms with van der Waals surface area (Å²) in [7, 11) is 0. The predicted octanol–water partition coefficient (Wildman–Crippen LogP) is -2.29. The average molecular weight is 179 g/mol. The van der Waals surface area contributed by atoms with E-state index >= 15 is 0 Å². The Labute approximate surface area is 74.9 Å². The Morgan fingerprint density at radius 3 is 2.00 bits per heavy atom. The van der Waals surface area contributed by atoms with Crippen LogP contribution in [0.1, 0.15) is 27.7 Å². The lowest BCUT2D eigenvalue weighted by atomic mass is 10.4. The minimum Gasteiger partial charge on any atom is -1.00 e. The van der Waals surface area contributed by atoms with Crippen molar-refractivity contribution in [1.29, 1.82) is 0 Å². The van der Waals surface area contributed by atoms with E-state index < -0.39 is 0 Å². The van der Waals surface area contributed by atoms with Gasteiger partial charge in [-0.25, -0.2) is 0 Å². The molecule has 0 radical (unpaired) electrons. The van der Waals surface area contributed by atoms with Gasteiger partial charge in [0.1, 0.15) is 0 Å². The molecule has 0 aromatic carbocycles. The smallest absolute Gasteiger partial charge is 0.189 e. The van der Waals surface area contributed by atoms with Gasteiger partial charge >= 0.3 is 0 Å². The van der Waals surface area contributed by atoms with Gasteiger partial charge < -0.3 is 23.5 Å². The van der Waals surface area contributed by atoms with E-state index in [9.17, 15) is 0 Å². The van der Waals surface area contributed by atoms with Gasteiger partial charge in [-0.2, -0.15) is 0 Å². The highest BCUT2D eigenvalue weighted by Crippen LogP contribution is 1.84. The predicted molar refractivity (Wildman–Crippen MR) is 45.0 cm³/mol. The Balaban J connectivity index is 0. The van der Waals surface area contributed by atoms with Crippen LogP contribution in [0.25, 0.3) is 0 Å². The van der Waals surface area contributed by atoms with Crippen molar-refractivity contribution in [2.45, 2.75) is 39.8 Å². The fourth-order valence-electron chi connectivity index (χ4n) is 0.611. The van der Waals surface area contributed by atoms with Crippen LogP contribution in [0.15, 0.2) is 4.99 Å². The molecule has 0 aliphatic carbocycles. The molecule has 0 spiro atoms. The number of nitrogens with one attached hydrogen (secondary N) is 1. The van der Waals surface area contributed by atoms with Crippen LogP contribution in [0.5, 0.6) is 0 Å². The average Bonchev–Trinajstić information content (AvgIpc) is 1.58. The highest BCUT2D eigenvalue weighted by molar-refractivity contribution is 5.78. The van der Waals surface area contributed by atoms with Gasteiger partial charge in [-0.05, 0) is 27.7 Å². The van der Waals surface area contributed by atoms with Crippen molar-refractivity contribution in [3.63, 3.8) is 0 Å². The van der Waals surface area contributed by atoms with E-state index in [4.69, 9.17) is 5.73 Å². The van der Waals surface area contributed by atoms with Crippen molar-refractivity contribution in [1.82, 2.24) is 5.32 Å². The SMILES string of the molecule is CC(C)N=C(N)NC(C)C.[Cl-]. The molecule has 0 bridgehead atoms. The van der Waals surface area contributed by atoms with E-state index in [1.807, 2.05) is 27.7 Å². The number of hydrogen-bond acceptors (Lipinski definition) is 1. The highest BCUT2D eigenvalue weighted by Gasteiger charge is 1.94. The van der Waals surface area contributed by atoms with Crippen LogP contribution >= 0.6 is 0 Å². The molecular weight excluding hydrogens is 162 g/mol. The molecular formula is C7H17ClN3-. The quantitative estimate of drug-likeness (QED) is 0.370. The first-order valence-electron chi connectivity index (χ1n) is 3.62. The molecule has 0 heterocycles. The van der Waals surface area contributed by atoms with Gasteiger partial charge in [-0.15, -0.1) is 0 Å². The van der Waals surface area contributed by atoms with Crippen molar-refractivity contribution in [3.05, 3.63) is 0 Å². The van der Waals surface area contributed by atoms with Gasteiger partial charge in [0.05, 0.1) is 0 Å². The summed E-state index contributed by atoms with van der Waals surface area (Å²) in [6, 6.07) is 0.633. The molecule has 0 saturated heterocycles. The van der Waals surface area contributed by atoms with Crippen LogP contribution in [0.4, 0.5) is 0 Å². The number of aliphatic imine (C=N–C) groups is 1. The van der Waals surface area contributed by atoms with E-state index in [0.29, 0.717) is 12.0 Å². The zero-order valence-electron chi connectivity index (χ0n) is 7.56. The Kier molecular flexibility index (Phi) is 7.52. The Morgan fingerprint density at radius 1 is 1.27 bits per heavy atom. The molecule has 0 saturated carbocycles. The minimum absolute atomic E-state index is 0. The molecule has 0 unspecified atom stereocenters. The Hall–Kier alpha value is -0.440. The summed E-state index contributed by atoms with van der Waals surface area (Å²) in [6.45, 7) is 8.05. The fraction of sp³-hybridized carbons (Fsp3) is 0.857. The van der Waals surface area contributed by atoms with Crippen molar-refractivity contribution in [2.24, 2.45) is 10.7 Å². The summed E-state index contributed by atoms with van der Waals surface area (Å²) in [5.41, 5.74) is 5.51. The summed E-state index contributed by atoms with van der Waals surface area (Å²) in [4.78, 5) is 4.10. The summed E-state index contributed by atoms with van der Waals surface area (Å²) < 4.78 is 0. The van der Waals surface area contributed by atoms with Crippen molar-refractivity contribution in [2.75, 3.05) is 0 Å². The number of hydrogen-bond donors (Lipinski definition) is 2. The maximum atomic E-state index is 5.51. The maximum Gasteiger partial charge on any atom is 0.189 e. The van der Waals surface area contributed by atoms with Crippen LogP contribution in [-0.4, -0.2) is 18.0 Å². The Morgan fingerprint density at radius 2 is 1.73 bits per heavy atom. The number of guanidine groups is 1. The van der Waals surface area contributed by atoms with Gasteiger partial charge in [0, 0.05) is 12.1 Å². The molecule has 0 aliphatic rings. The second kappa shape index (κ2) is 6.28. The molecule has 0 aromatic heterocycles. The zero-order chi connectivity index (χ0) is 8.15. The molecule has 3 N–H and O–H groups in total. The van der Waals surface area contributed by atoms with E-state index in [0.717, 1.165) is 0 Å². The van der Waals surface area contributed by atoms with Crippen molar-refractivity contribution >= 4 is 5.96 Å². The minimum atomic E-state index is 0. The van der Waals surface area contributed by atoms with E-state index in [1.54, 1.807) is 0 Å². The lowest BCUT2D eigenvalue weighted by molar-refractivity contribution is -0.00000301. The van der Waals surface area contributed by atoms with E-state index in [2.05, 4.69) is 10.3 Å². The van der Waals surface area contributed by atoms with Crippen molar-refractivity contribution in [3.8, 4) is 0 Å². The third kappa shape index (κ3) is 9.56. The molecule has 0 rings (SSSR count). The van der Waals surface area contributed by atoms with Gasteiger partial charge in [0.25, 0.3) is 0 Å². The summed E-state index contributed by atoms with van der Waals surface area (Å²) in [6.07, 6.45) is 0. The molecule has 0 aromatic rings. The van der Waals surface area contributed by atoms with Gasteiger partial charge in [0.15, 0.2) is 5.96 Å². The number of halogens is 1. The molecule has 0 aliphatic heterocycles. The summed E-state index contributed by atoms with van der Waals surface area (Å²) in [5.74, 6) is 0.532. The van der Waals surface area contributed by atoms with Crippen LogP contribution in [-0.2, 0) is 0 Å². The molecule has 0 amide bonds. The molecule has 3 nitrogen and oxygen atoms in total. The molecule has 68 valence electrons. The second-order valence-corrected chi connectivity index (χ2v) is 2.91. The third-order valence-corrected chi connectivity index (χ3v) is 0.834. The first-order chi connectivity index (χ1) is 4.52. The van der Waals surface area contributed by atoms with Crippen LogP contribution in [0.2, 0.25) is 0 Å². The summed E-state index contributed by atoms with van der Waals surface area (Å²) in [5, 5.41) is 3.00. The van der Waals surface area contributed by atoms with E-state index in [1.165, 1.54) is 0 Å². The van der Waals surface area contributed by atoms with Crippen LogP contribution in [0, 0.1) is 0 Å². The monoisotopic (exact) mass is 178 g/mol. The van der Waals surface area contributed by atoms with E-state index in [-0.39, 0.29) is 18.4 Å². The van der Waals surface area contributed by atoms with Crippen molar-refractivity contribution < 1.29 is 12.4 Å². The summed E-state index contributed by atoms with van der Waals surface area (Å²) >= 11 is 0. The zero-order valence-corrected chi connectivity index (χ0v) is 8.31. The molecule has 4 heteroatoms. The first-order valence-corrected chi connectivity index (χ1v) is 3.62. The Bertz CT molecular complexity index is 121. The number of nitrogens with zero attached hydrogens (tertiary/aromatic N) is 1. The second-order valence-electron chi connectivity index (χ2n) is 2.91. The fourth-order valence-corrected chi connectivity index (χ4v) is 0.611. The lowest BCUT2D eigenvalue weighted by Gasteiger charge is -2.09. The highest BCUT2D eigenvalue weighted by atomic mass is 35.5. The first kappa shape index (κ1) is 13.2. The standard InChI is InChI=1S/C7H17N3.ClH/c1-5(2)9-7(8)10-6(3)4;/h5-6H,1-4H3,(H3,8,9,10);1H/p-1. The molecule has 0 fully saturated rings. The van der Waals surface area contributed by atoms with Crippen LogP contribution < -0.4 is 23.5 Å².